The fraction of sp³-hybridized carbons (Fsp3) is 0.538. The van der Waals surface area contributed by atoms with Gasteiger partial charge in [-0.3, -0.25) is 0 Å². The van der Waals surface area contributed by atoms with Crippen molar-refractivity contribution in [3.05, 3.63) is 28.7 Å². The van der Waals surface area contributed by atoms with Crippen molar-refractivity contribution >= 4 is 26.0 Å². The van der Waals surface area contributed by atoms with Crippen LogP contribution in [0.25, 0.3) is 0 Å². The van der Waals surface area contributed by atoms with Crippen LogP contribution in [0.3, 0.4) is 0 Å². The molecule has 0 saturated carbocycles. The maximum atomic E-state index is 12.2. The van der Waals surface area contributed by atoms with Gasteiger partial charge in [0.2, 0.25) is 10.0 Å². The molecule has 1 heterocycles. The minimum Gasteiger partial charge on any atom is -0.302 e. The van der Waals surface area contributed by atoms with E-state index >= 15 is 0 Å². The lowest BCUT2D eigenvalue weighted by molar-refractivity contribution is 0.313. The van der Waals surface area contributed by atoms with Gasteiger partial charge in [-0.15, -0.1) is 0 Å². The van der Waals surface area contributed by atoms with Crippen molar-refractivity contribution in [3.63, 3.8) is 0 Å². The van der Waals surface area contributed by atoms with Crippen molar-refractivity contribution in [2.75, 3.05) is 19.6 Å². The van der Waals surface area contributed by atoms with Gasteiger partial charge < -0.3 is 4.90 Å². The smallest absolute Gasteiger partial charge is 0.240 e. The van der Waals surface area contributed by atoms with E-state index in [1.54, 1.807) is 18.2 Å². The highest BCUT2D eigenvalue weighted by Gasteiger charge is 2.20. The molecule has 1 fully saturated rings. The summed E-state index contributed by atoms with van der Waals surface area (Å²) in [6, 6.07) is 6.68. The van der Waals surface area contributed by atoms with E-state index in [9.17, 15) is 8.42 Å². The van der Waals surface area contributed by atoms with Crippen molar-refractivity contribution in [2.45, 2.75) is 30.7 Å². The minimum atomic E-state index is -3.43. The normalized spacial score (nSPS) is 18.6. The van der Waals surface area contributed by atoms with Gasteiger partial charge in [0.25, 0.3) is 0 Å². The largest absolute Gasteiger partial charge is 0.302 e. The highest BCUT2D eigenvalue weighted by atomic mass is 79.9. The Morgan fingerprint density at radius 1 is 1.37 bits per heavy atom. The molecule has 1 saturated heterocycles. The number of hydrogen-bond acceptors (Lipinski definition) is 3. The van der Waals surface area contributed by atoms with E-state index in [4.69, 9.17) is 0 Å². The topological polar surface area (TPSA) is 49.4 Å². The molecular weight excluding hydrogens is 328 g/mol. The van der Waals surface area contributed by atoms with Crippen LogP contribution in [0.4, 0.5) is 0 Å². The summed E-state index contributed by atoms with van der Waals surface area (Å²) in [4.78, 5) is 2.60. The summed E-state index contributed by atoms with van der Waals surface area (Å²) in [6.45, 7) is 4.83. The maximum Gasteiger partial charge on any atom is 0.240 e. The molecule has 0 aliphatic carbocycles. The molecule has 106 valence electrons. The first-order valence-corrected chi connectivity index (χ1v) is 8.75. The number of nitrogens with zero attached hydrogens (tertiary/aromatic N) is 1. The summed E-state index contributed by atoms with van der Waals surface area (Å²) in [6.07, 6.45) is 2.43. The van der Waals surface area contributed by atoms with Crippen molar-refractivity contribution < 1.29 is 8.42 Å². The van der Waals surface area contributed by atoms with Crippen molar-refractivity contribution in [1.29, 1.82) is 0 Å². The molecule has 1 aliphatic heterocycles. The number of nitrogens with one attached hydrogen (secondary N) is 1. The molecule has 0 radical (unpaired) electrons. The van der Waals surface area contributed by atoms with Gasteiger partial charge in [-0.25, -0.2) is 13.1 Å². The molecule has 1 unspecified atom stereocenters. The molecule has 0 amide bonds. The molecule has 19 heavy (non-hydrogen) atoms. The monoisotopic (exact) mass is 346 g/mol. The highest BCUT2D eigenvalue weighted by Crippen LogP contribution is 2.16. The van der Waals surface area contributed by atoms with Crippen LogP contribution < -0.4 is 4.72 Å². The van der Waals surface area contributed by atoms with Crippen LogP contribution in [0.2, 0.25) is 0 Å². The Morgan fingerprint density at radius 3 is 2.68 bits per heavy atom. The molecule has 6 heteroatoms. The molecule has 1 aromatic carbocycles. The van der Waals surface area contributed by atoms with Gasteiger partial charge in [0.15, 0.2) is 0 Å². The Balaban J connectivity index is 2.00. The van der Waals surface area contributed by atoms with Crippen LogP contribution in [0.1, 0.15) is 19.8 Å². The zero-order valence-corrected chi connectivity index (χ0v) is 13.4. The van der Waals surface area contributed by atoms with E-state index in [1.165, 1.54) is 12.8 Å². The first-order chi connectivity index (χ1) is 8.97. The Bertz CT molecular complexity index is 527. The summed E-state index contributed by atoms with van der Waals surface area (Å²) in [7, 11) is -3.43. The third-order valence-electron chi connectivity index (χ3n) is 3.19. The maximum absolute atomic E-state index is 12.2. The van der Waals surface area contributed by atoms with Crippen LogP contribution in [0, 0.1) is 0 Å². The Labute approximate surface area is 123 Å². The van der Waals surface area contributed by atoms with Gasteiger partial charge in [0, 0.05) is 17.1 Å². The first kappa shape index (κ1) is 15.0. The molecule has 0 aromatic heterocycles. The number of hydrogen-bond donors (Lipinski definition) is 1. The SMILES string of the molecule is CC(CN1CCCC1)NS(=O)(=O)c1cccc(Br)c1. The van der Waals surface area contributed by atoms with Crippen molar-refractivity contribution in [3.8, 4) is 0 Å². The second kappa shape index (κ2) is 6.35. The average molecular weight is 347 g/mol. The van der Waals surface area contributed by atoms with E-state index in [0.717, 1.165) is 24.1 Å². The Morgan fingerprint density at radius 2 is 2.05 bits per heavy atom. The van der Waals surface area contributed by atoms with E-state index in [0.29, 0.717) is 4.90 Å². The number of rotatable bonds is 5. The molecular formula is C13H19BrN2O2S. The van der Waals surface area contributed by atoms with Crippen molar-refractivity contribution in [1.82, 2.24) is 9.62 Å². The quantitative estimate of drug-likeness (QED) is 0.889. The molecule has 1 N–H and O–H groups in total. The van der Waals surface area contributed by atoms with E-state index < -0.39 is 10.0 Å². The van der Waals surface area contributed by atoms with Crippen LogP contribution in [0.5, 0.6) is 0 Å². The Hall–Kier alpha value is -0.430. The van der Waals surface area contributed by atoms with Gasteiger partial charge in [-0.1, -0.05) is 22.0 Å². The zero-order chi connectivity index (χ0) is 13.9. The highest BCUT2D eigenvalue weighted by molar-refractivity contribution is 9.10. The summed E-state index contributed by atoms with van der Waals surface area (Å²) in [5, 5.41) is 0. The van der Waals surface area contributed by atoms with Gasteiger partial charge in [-0.2, -0.15) is 0 Å². The van der Waals surface area contributed by atoms with Crippen LogP contribution >= 0.6 is 15.9 Å². The molecule has 0 bridgehead atoms. The summed E-state index contributed by atoms with van der Waals surface area (Å²) in [5.74, 6) is 0. The third kappa shape index (κ3) is 4.27. The Kier molecular flexibility index (Phi) is 5.00. The van der Waals surface area contributed by atoms with Gasteiger partial charge >= 0.3 is 0 Å². The number of benzene rings is 1. The minimum absolute atomic E-state index is 0.0814. The van der Waals surface area contributed by atoms with Gasteiger partial charge in [0.1, 0.15) is 0 Å². The molecule has 1 aliphatic rings. The predicted octanol–water partition coefficient (Wildman–Crippen LogP) is 2.21. The molecule has 4 nitrogen and oxygen atoms in total. The lowest BCUT2D eigenvalue weighted by Crippen LogP contribution is -2.41. The molecule has 2 rings (SSSR count). The summed E-state index contributed by atoms with van der Waals surface area (Å²) in [5.41, 5.74) is 0. The fourth-order valence-electron chi connectivity index (χ4n) is 2.36. The van der Waals surface area contributed by atoms with Crippen LogP contribution in [-0.4, -0.2) is 39.0 Å². The lowest BCUT2D eigenvalue weighted by Gasteiger charge is -2.21. The van der Waals surface area contributed by atoms with E-state index in [2.05, 4.69) is 25.6 Å². The first-order valence-electron chi connectivity index (χ1n) is 6.47. The molecule has 1 aromatic rings. The van der Waals surface area contributed by atoms with Gasteiger partial charge in [-0.05, 0) is 51.1 Å². The number of halogens is 1. The molecule has 0 spiro atoms. The summed E-state index contributed by atoms with van der Waals surface area (Å²) >= 11 is 3.29. The van der Waals surface area contributed by atoms with Crippen LogP contribution in [-0.2, 0) is 10.0 Å². The van der Waals surface area contributed by atoms with Gasteiger partial charge in [0.05, 0.1) is 4.90 Å². The van der Waals surface area contributed by atoms with E-state index in [-0.39, 0.29) is 6.04 Å². The zero-order valence-electron chi connectivity index (χ0n) is 11.0. The number of sulfonamides is 1. The standard InChI is InChI=1S/C13H19BrN2O2S/c1-11(10-16-7-2-3-8-16)15-19(17,18)13-6-4-5-12(14)9-13/h4-6,9,11,15H,2-3,7-8,10H2,1H3. The second-order valence-electron chi connectivity index (χ2n) is 4.99. The number of likely N-dealkylation sites (tertiary alicyclic amines) is 1. The fourth-order valence-corrected chi connectivity index (χ4v) is 4.19. The second-order valence-corrected chi connectivity index (χ2v) is 7.62. The lowest BCUT2D eigenvalue weighted by atomic mass is 10.3. The van der Waals surface area contributed by atoms with Crippen molar-refractivity contribution in [2.24, 2.45) is 0 Å². The van der Waals surface area contributed by atoms with E-state index in [1.807, 2.05) is 13.0 Å². The summed E-state index contributed by atoms with van der Waals surface area (Å²) < 4.78 is 27.9. The van der Waals surface area contributed by atoms with Crippen LogP contribution in [0.15, 0.2) is 33.6 Å². The third-order valence-corrected chi connectivity index (χ3v) is 5.27. The predicted molar refractivity (Wildman–Crippen MR) is 79.6 cm³/mol. The average Bonchev–Trinajstić information content (AvgIpc) is 2.81. The molecule has 1 atom stereocenters.